The molecular formula is C22H28ClN3O. The largest absolute Gasteiger partial charge is 0.505 e. The molecule has 0 atom stereocenters. The van der Waals surface area contributed by atoms with E-state index in [2.05, 4.69) is 35.2 Å². The Bertz CT molecular complexity index is 1040. The number of aromatic hydroxyl groups is 1. The zero-order chi connectivity index (χ0) is 19.0. The fourth-order valence-corrected chi connectivity index (χ4v) is 4.06. The predicted molar refractivity (Wildman–Crippen MR) is 112 cm³/mol. The van der Waals surface area contributed by atoms with E-state index in [4.69, 9.17) is 11.6 Å². The molecule has 0 aliphatic heterocycles. The monoisotopic (exact) mass is 385 g/mol. The average Bonchev–Trinajstić information content (AvgIpc) is 3.31. The zero-order valence-corrected chi connectivity index (χ0v) is 17.0. The van der Waals surface area contributed by atoms with Crippen LogP contribution in [0.3, 0.4) is 0 Å². The van der Waals surface area contributed by atoms with Gasteiger partial charge >= 0.3 is 0 Å². The van der Waals surface area contributed by atoms with Gasteiger partial charge in [-0.05, 0) is 61.1 Å². The van der Waals surface area contributed by atoms with Crippen LogP contribution >= 0.6 is 11.6 Å². The molecule has 0 fully saturated rings. The second-order valence-electron chi connectivity index (χ2n) is 7.54. The van der Waals surface area contributed by atoms with E-state index in [1.807, 2.05) is 23.0 Å². The first-order chi connectivity index (χ1) is 13.2. The third kappa shape index (κ3) is 3.31. The molecule has 0 aliphatic rings. The van der Waals surface area contributed by atoms with Gasteiger partial charge in [-0.15, -0.1) is 14.1 Å². The van der Waals surface area contributed by atoms with Gasteiger partial charge in [-0.1, -0.05) is 57.2 Å². The van der Waals surface area contributed by atoms with E-state index in [1.54, 1.807) is 0 Å². The van der Waals surface area contributed by atoms with Crippen LogP contribution in [0.5, 0.6) is 5.75 Å². The van der Waals surface area contributed by atoms with Gasteiger partial charge in [0.2, 0.25) is 0 Å². The second kappa shape index (κ2) is 7.51. The summed E-state index contributed by atoms with van der Waals surface area (Å²) in [7, 11) is 0. The number of rotatable bonds is 9. The number of hydrogen-bond donors (Lipinski definition) is 1. The van der Waals surface area contributed by atoms with Crippen LogP contribution in [-0.4, -0.2) is 19.2 Å². The Hall–Kier alpha value is -2.07. The van der Waals surface area contributed by atoms with Crippen LogP contribution in [0.25, 0.3) is 16.7 Å². The van der Waals surface area contributed by atoms with E-state index in [-0.39, 0.29) is 0 Å². The molecule has 4 rings (SSSR count). The zero-order valence-electron chi connectivity index (χ0n) is 16.2. The number of aromatic nitrogens is 3. The normalized spacial score (nSPS) is 12.1. The first kappa shape index (κ1) is 18.3. The van der Waals surface area contributed by atoms with E-state index in [1.165, 1.54) is 37.7 Å². The fourth-order valence-electron chi connectivity index (χ4n) is 3.89. The quantitative estimate of drug-likeness (QED) is 0.340. The first-order valence-electron chi connectivity index (χ1n) is 10.2. The van der Waals surface area contributed by atoms with Crippen LogP contribution < -0.4 is 0 Å². The Morgan fingerprint density at radius 2 is 1.56 bits per heavy atom. The molecule has 4 aromatic rings. The van der Waals surface area contributed by atoms with Crippen molar-refractivity contribution in [2.24, 2.45) is 0 Å². The average molecular weight is 386 g/mol. The lowest BCUT2D eigenvalue weighted by Crippen LogP contribution is -1.97. The van der Waals surface area contributed by atoms with Crippen molar-refractivity contribution in [3.05, 3.63) is 46.5 Å². The van der Waals surface area contributed by atoms with Crippen molar-refractivity contribution in [3.8, 4) is 11.4 Å². The van der Waals surface area contributed by atoms with Crippen molar-refractivity contribution in [1.82, 2.24) is 14.1 Å². The maximum Gasteiger partial charge on any atom is 0.146 e. The van der Waals surface area contributed by atoms with Gasteiger partial charge in [0, 0.05) is 5.02 Å². The van der Waals surface area contributed by atoms with Crippen molar-refractivity contribution >= 4 is 22.6 Å². The number of halogens is 1. The lowest BCUT2D eigenvalue weighted by Gasteiger charge is -2.11. The molecule has 0 saturated heterocycles. The molecule has 5 heteroatoms. The maximum absolute atomic E-state index is 11.0. The van der Waals surface area contributed by atoms with Crippen LogP contribution in [0.2, 0.25) is 5.02 Å². The molecule has 4 nitrogen and oxygen atoms in total. The smallest absolute Gasteiger partial charge is 0.146 e. The van der Waals surface area contributed by atoms with Gasteiger partial charge in [-0.25, -0.2) is 0 Å². The number of fused-ring (bicyclic) bond motifs is 4. The molecule has 0 amide bonds. The molecule has 2 heterocycles. The van der Waals surface area contributed by atoms with Gasteiger partial charge in [0.15, 0.2) is 0 Å². The summed E-state index contributed by atoms with van der Waals surface area (Å²) >= 11 is 6.14. The van der Waals surface area contributed by atoms with Gasteiger partial charge in [-0.2, -0.15) is 0 Å². The van der Waals surface area contributed by atoms with E-state index < -0.39 is 0 Å². The molecule has 0 bridgehead atoms. The highest BCUT2D eigenvalue weighted by molar-refractivity contribution is 6.31. The number of aryl methyl sites for hydroxylation is 2. The molecule has 2 aromatic heterocycles. The van der Waals surface area contributed by atoms with Crippen molar-refractivity contribution < 1.29 is 5.11 Å². The Labute approximate surface area is 165 Å². The lowest BCUT2D eigenvalue weighted by molar-refractivity contribution is 0.462. The van der Waals surface area contributed by atoms with Gasteiger partial charge in [0.25, 0.3) is 0 Å². The van der Waals surface area contributed by atoms with Gasteiger partial charge in [0.05, 0.1) is 0 Å². The lowest BCUT2D eigenvalue weighted by atomic mass is 9.99. The molecule has 0 saturated carbocycles. The number of hydrogen-bond acceptors (Lipinski definition) is 1. The highest BCUT2D eigenvalue weighted by Gasteiger charge is 2.27. The summed E-state index contributed by atoms with van der Waals surface area (Å²) in [5, 5.41) is 11.7. The number of benzene rings is 2. The summed E-state index contributed by atoms with van der Waals surface area (Å²) in [5.74, 6) is 0.414. The number of phenols is 1. The van der Waals surface area contributed by atoms with Crippen LogP contribution in [0.4, 0.5) is 0 Å². The van der Waals surface area contributed by atoms with E-state index in [9.17, 15) is 5.11 Å². The van der Waals surface area contributed by atoms with E-state index >= 15 is 0 Å². The minimum absolute atomic E-state index is 0.414. The Balaban J connectivity index is 1.71. The fraction of sp³-hybridized carbons (Fsp3) is 0.455. The minimum Gasteiger partial charge on any atom is -0.505 e. The van der Waals surface area contributed by atoms with Crippen molar-refractivity contribution in [2.45, 2.75) is 65.2 Å². The summed E-state index contributed by atoms with van der Waals surface area (Å²) in [6.45, 7) is 4.44. The van der Waals surface area contributed by atoms with Gasteiger partial charge < -0.3 is 5.11 Å². The molecular weight excluding hydrogens is 358 g/mol. The van der Waals surface area contributed by atoms with Crippen LogP contribution in [0, 0.1) is 0 Å². The first-order valence-corrected chi connectivity index (χ1v) is 10.6. The third-order valence-corrected chi connectivity index (χ3v) is 5.67. The Morgan fingerprint density at radius 1 is 0.852 bits per heavy atom. The summed E-state index contributed by atoms with van der Waals surface area (Å²) in [5.41, 5.74) is 5.48. The van der Waals surface area contributed by atoms with Crippen LogP contribution in [-0.2, 0) is 12.8 Å². The molecule has 144 valence electrons. The Morgan fingerprint density at radius 3 is 2.30 bits per heavy atom. The molecule has 0 spiro atoms. The molecule has 0 unspecified atom stereocenters. The van der Waals surface area contributed by atoms with Crippen molar-refractivity contribution in [2.75, 3.05) is 0 Å². The Kier molecular flexibility index (Phi) is 5.09. The van der Waals surface area contributed by atoms with Crippen molar-refractivity contribution in [3.63, 3.8) is 0 Å². The molecule has 2 aromatic carbocycles. The second-order valence-corrected chi connectivity index (χ2v) is 7.97. The highest BCUT2D eigenvalue weighted by atomic mass is 35.5. The summed E-state index contributed by atoms with van der Waals surface area (Å²) in [6, 6.07) is 10.3. The summed E-state index contributed by atoms with van der Waals surface area (Å²) in [4.78, 5) is 2.04. The molecule has 27 heavy (non-hydrogen) atoms. The molecule has 1 N–H and O–H groups in total. The molecule has 0 radical (unpaired) electrons. The number of nitrogens with zero attached hydrogens (tertiary/aromatic N) is 3. The SMILES string of the molecule is CCCCCc1cc(CCCCC)c(O)c(-n2n3c4ccc(Cl)cc4n23)c1. The van der Waals surface area contributed by atoms with Gasteiger partial charge in [-0.3, -0.25) is 0 Å². The van der Waals surface area contributed by atoms with E-state index in [0.29, 0.717) is 5.75 Å². The maximum atomic E-state index is 11.0. The van der Waals surface area contributed by atoms with Crippen LogP contribution in [0.15, 0.2) is 30.3 Å². The topological polar surface area (TPSA) is 34.0 Å². The standard InChI is InChI=1S/C22H28ClN3O/c1-3-5-7-9-16-13-17(10-8-6-4-2)22(27)21(14-16)26-24-19-12-11-18(23)15-20(19)25(24)26/h11-15,27H,3-10H2,1-2H3. The van der Waals surface area contributed by atoms with Crippen molar-refractivity contribution in [1.29, 1.82) is 0 Å². The predicted octanol–water partition coefficient (Wildman–Crippen LogP) is 6.24. The minimum atomic E-state index is 0.414. The van der Waals surface area contributed by atoms with Crippen LogP contribution in [0.1, 0.15) is 63.5 Å². The van der Waals surface area contributed by atoms with Gasteiger partial charge in [0.1, 0.15) is 22.5 Å². The molecule has 0 aliphatic carbocycles. The summed E-state index contributed by atoms with van der Waals surface area (Å²) in [6.07, 6.45) is 9.15. The summed E-state index contributed by atoms with van der Waals surface area (Å²) < 4.78 is 4.13. The number of unbranched alkanes of at least 4 members (excludes halogenated alkanes) is 4. The third-order valence-electron chi connectivity index (χ3n) is 5.44. The highest BCUT2D eigenvalue weighted by Crippen LogP contribution is 2.35. The van der Waals surface area contributed by atoms with E-state index in [0.717, 1.165) is 46.6 Å². The number of phenolic OH excluding ortho intramolecular Hbond substituents is 1.